The number of hydrogen-bond donors (Lipinski definition) is 0. The van der Waals surface area contributed by atoms with Gasteiger partial charge in [0.25, 0.3) is 0 Å². The molecular formula is C20H30O. The Kier molecular flexibility index (Phi) is 3.66. The highest BCUT2D eigenvalue weighted by Gasteiger charge is 2.66. The lowest BCUT2D eigenvalue weighted by Gasteiger charge is -2.57. The van der Waals surface area contributed by atoms with Crippen LogP contribution in [0.4, 0.5) is 0 Å². The first kappa shape index (κ1) is 15.1. The fourth-order valence-electron chi connectivity index (χ4n) is 6.01. The summed E-state index contributed by atoms with van der Waals surface area (Å²) in [7, 11) is 0. The SMILES string of the molecule is C=C1CCC2C1C1C(C(C)CC(=O)C=C(C)C)CCC21C. The van der Waals surface area contributed by atoms with Crippen LogP contribution in [0.1, 0.15) is 59.8 Å². The molecule has 21 heavy (non-hydrogen) atoms. The molecule has 6 unspecified atom stereocenters. The Morgan fingerprint density at radius 1 is 1.43 bits per heavy atom. The van der Waals surface area contributed by atoms with Crippen molar-refractivity contribution in [3.63, 3.8) is 0 Å². The van der Waals surface area contributed by atoms with E-state index in [2.05, 4.69) is 20.4 Å². The van der Waals surface area contributed by atoms with Crippen molar-refractivity contribution in [1.82, 2.24) is 0 Å². The van der Waals surface area contributed by atoms with Crippen molar-refractivity contribution in [3.05, 3.63) is 23.8 Å². The summed E-state index contributed by atoms with van der Waals surface area (Å²) in [5, 5.41) is 0. The van der Waals surface area contributed by atoms with E-state index in [1.54, 1.807) is 0 Å². The molecule has 3 fully saturated rings. The Morgan fingerprint density at radius 3 is 2.81 bits per heavy atom. The molecule has 3 rings (SSSR count). The van der Waals surface area contributed by atoms with E-state index >= 15 is 0 Å². The second-order valence-corrected chi connectivity index (χ2v) is 8.43. The first-order valence-corrected chi connectivity index (χ1v) is 8.70. The predicted octanol–water partition coefficient (Wildman–Crippen LogP) is 5.18. The second kappa shape index (κ2) is 5.11. The molecule has 0 spiro atoms. The molecule has 0 heterocycles. The van der Waals surface area contributed by atoms with E-state index in [-0.39, 0.29) is 0 Å². The molecule has 1 nitrogen and oxygen atoms in total. The van der Waals surface area contributed by atoms with Gasteiger partial charge in [0.2, 0.25) is 0 Å². The van der Waals surface area contributed by atoms with Crippen LogP contribution in [0.5, 0.6) is 0 Å². The van der Waals surface area contributed by atoms with Gasteiger partial charge in [-0.1, -0.05) is 31.6 Å². The minimum Gasteiger partial charge on any atom is -0.295 e. The van der Waals surface area contributed by atoms with Gasteiger partial charge < -0.3 is 0 Å². The standard InChI is InChI=1S/C20H30O/c1-12(2)10-15(21)11-14(4)16-8-9-20(5)17-7-6-13(3)18(17)19(16)20/h10,14,16-19H,3,6-9,11H2,1-2,4-5H3. The summed E-state index contributed by atoms with van der Waals surface area (Å²) in [6, 6.07) is 0. The molecule has 0 aliphatic heterocycles. The van der Waals surface area contributed by atoms with Gasteiger partial charge in [-0.3, -0.25) is 4.79 Å². The summed E-state index contributed by atoms with van der Waals surface area (Å²) in [4.78, 5) is 12.1. The highest BCUT2D eigenvalue weighted by Crippen LogP contribution is 2.73. The molecule has 3 aliphatic carbocycles. The Hall–Kier alpha value is -0.850. The van der Waals surface area contributed by atoms with Gasteiger partial charge in [0.05, 0.1) is 0 Å². The van der Waals surface area contributed by atoms with E-state index in [1.807, 2.05) is 19.9 Å². The average Bonchev–Trinajstić information content (AvgIpc) is 2.84. The lowest BCUT2D eigenvalue weighted by molar-refractivity contribution is -0.117. The van der Waals surface area contributed by atoms with Gasteiger partial charge in [-0.05, 0) is 80.6 Å². The van der Waals surface area contributed by atoms with Crippen LogP contribution >= 0.6 is 0 Å². The maximum absolute atomic E-state index is 12.1. The van der Waals surface area contributed by atoms with Crippen LogP contribution in [0, 0.1) is 35.0 Å². The normalized spacial score (nSPS) is 42.0. The molecule has 3 saturated carbocycles. The van der Waals surface area contributed by atoms with Crippen LogP contribution in [-0.4, -0.2) is 5.78 Å². The fraction of sp³-hybridized carbons (Fsp3) is 0.750. The molecule has 0 amide bonds. The minimum absolute atomic E-state index is 0.317. The molecule has 0 aromatic rings. The van der Waals surface area contributed by atoms with E-state index in [9.17, 15) is 4.79 Å². The second-order valence-electron chi connectivity index (χ2n) is 8.43. The lowest BCUT2D eigenvalue weighted by Crippen LogP contribution is -2.52. The zero-order valence-electron chi connectivity index (χ0n) is 14.1. The van der Waals surface area contributed by atoms with E-state index < -0.39 is 0 Å². The largest absolute Gasteiger partial charge is 0.295 e. The highest BCUT2D eigenvalue weighted by atomic mass is 16.1. The van der Waals surface area contributed by atoms with E-state index in [4.69, 9.17) is 0 Å². The topological polar surface area (TPSA) is 17.1 Å². The number of allylic oxidation sites excluding steroid dienone is 3. The molecule has 0 aromatic carbocycles. The molecule has 6 atom stereocenters. The van der Waals surface area contributed by atoms with Crippen molar-refractivity contribution >= 4 is 5.78 Å². The van der Waals surface area contributed by atoms with Gasteiger partial charge in [0.15, 0.2) is 5.78 Å². The van der Waals surface area contributed by atoms with Crippen LogP contribution in [0.2, 0.25) is 0 Å². The summed E-state index contributed by atoms with van der Waals surface area (Å²) in [6.45, 7) is 13.2. The van der Waals surface area contributed by atoms with Crippen molar-refractivity contribution in [1.29, 1.82) is 0 Å². The lowest BCUT2D eigenvalue weighted by atomic mass is 9.47. The van der Waals surface area contributed by atoms with Gasteiger partial charge in [-0.2, -0.15) is 0 Å². The number of carbonyl (C=O) groups is 1. The van der Waals surface area contributed by atoms with Crippen LogP contribution < -0.4 is 0 Å². The zero-order chi connectivity index (χ0) is 15.4. The number of carbonyl (C=O) groups excluding carboxylic acids is 1. The van der Waals surface area contributed by atoms with Gasteiger partial charge in [-0.15, -0.1) is 0 Å². The molecule has 1 heteroatoms. The van der Waals surface area contributed by atoms with Crippen LogP contribution in [0.3, 0.4) is 0 Å². The van der Waals surface area contributed by atoms with Crippen LogP contribution in [0.15, 0.2) is 23.8 Å². The third-order valence-electron chi connectivity index (χ3n) is 6.86. The monoisotopic (exact) mass is 286 g/mol. The minimum atomic E-state index is 0.317. The average molecular weight is 286 g/mol. The summed E-state index contributed by atoms with van der Waals surface area (Å²) >= 11 is 0. The number of ketones is 1. The van der Waals surface area contributed by atoms with Crippen molar-refractivity contribution < 1.29 is 4.79 Å². The number of fused-ring (bicyclic) bond motifs is 4. The fourth-order valence-corrected chi connectivity index (χ4v) is 6.01. The summed E-state index contributed by atoms with van der Waals surface area (Å²) in [5.41, 5.74) is 3.19. The first-order valence-electron chi connectivity index (χ1n) is 8.70. The predicted molar refractivity (Wildman–Crippen MR) is 87.9 cm³/mol. The molecule has 0 N–H and O–H groups in total. The van der Waals surface area contributed by atoms with Gasteiger partial charge >= 0.3 is 0 Å². The molecule has 0 aromatic heterocycles. The van der Waals surface area contributed by atoms with Gasteiger partial charge in [-0.25, -0.2) is 0 Å². The van der Waals surface area contributed by atoms with Gasteiger partial charge in [0, 0.05) is 6.42 Å². The third kappa shape index (κ3) is 2.24. The molecule has 0 bridgehead atoms. The smallest absolute Gasteiger partial charge is 0.155 e. The van der Waals surface area contributed by atoms with E-state index in [1.165, 1.54) is 31.3 Å². The van der Waals surface area contributed by atoms with E-state index in [0.717, 1.165) is 35.7 Å². The first-order chi connectivity index (χ1) is 9.84. The number of hydrogen-bond acceptors (Lipinski definition) is 1. The molecular weight excluding hydrogens is 256 g/mol. The van der Waals surface area contributed by atoms with Crippen molar-refractivity contribution in [3.8, 4) is 0 Å². The molecule has 116 valence electrons. The Labute approximate surface area is 129 Å². The van der Waals surface area contributed by atoms with Crippen LogP contribution in [-0.2, 0) is 4.79 Å². The molecule has 0 radical (unpaired) electrons. The van der Waals surface area contributed by atoms with E-state index in [0.29, 0.717) is 17.1 Å². The van der Waals surface area contributed by atoms with Crippen molar-refractivity contribution in [2.75, 3.05) is 0 Å². The highest BCUT2D eigenvalue weighted by molar-refractivity contribution is 5.90. The number of rotatable bonds is 4. The Morgan fingerprint density at radius 2 is 2.14 bits per heavy atom. The summed E-state index contributed by atoms with van der Waals surface area (Å²) in [5.74, 6) is 4.07. The molecule has 0 saturated heterocycles. The van der Waals surface area contributed by atoms with Gasteiger partial charge in [0.1, 0.15) is 0 Å². The summed E-state index contributed by atoms with van der Waals surface area (Å²) in [6.07, 6.45) is 7.87. The quantitative estimate of drug-likeness (QED) is 0.514. The Balaban J connectivity index is 1.71. The zero-order valence-corrected chi connectivity index (χ0v) is 14.1. The maximum atomic E-state index is 12.1. The van der Waals surface area contributed by atoms with Crippen LogP contribution in [0.25, 0.3) is 0 Å². The molecule has 3 aliphatic rings. The summed E-state index contributed by atoms with van der Waals surface area (Å²) < 4.78 is 0. The van der Waals surface area contributed by atoms with Crippen molar-refractivity contribution in [2.24, 2.45) is 35.0 Å². The maximum Gasteiger partial charge on any atom is 0.155 e. The third-order valence-corrected chi connectivity index (χ3v) is 6.86. The van der Waals surface area contributed by atoms with Crippen molar-refractivity contribution in [2.45, 2.75) is 59.8 Å². The Bertz CT molecular complexity index is 496.